The fourth-order valence-electron chi connectivity index (χ4n) is 2.33. The van der Waals surface area contributed by atoms with E-state index in [1.165, 1.54) is 22.3 Å². The molecule has 2 heterocycles. The molecule has 1 aromatic heterocycles. The first-order valence-corrected chi connectivity index (χ1v) is 7.61. The number of carbonyl (C=O) groups excluding carboxylic acids is 1. The summed E-state index contributed by atoms with van der Waals surface area (Å²) in [5.41, 5.74) is 6.45. The Morgan fingerprint density at radius 3 is 2.82 bits per heavy atom. The number of thiophene rings is 1. The van der Waals surface area contributed by atoms with Gasteiger partial charge in [0.1, 0.15) is 11.9 Å². The third kappa shape index (κ3) is 2.70. The van der Waals surface area contributed by atoms with Gasteiger partial charge in [0.15, 0.2) is 0 Å². The van der Waals surface area contributed by atoms with Crippen LogP contribution >= 0.6 is 11.3 Å². The molecule has 1 aliphatic rings. The van der Waals surface area contributed by atoms with Crippen LogP contribution in [0.4, 0.5) is 14.9 Å². The quantitative estimate of drug-likeness (QED) is 0.906. The third-order valence-electron chi connectivity index (χ3n) is 3.47. The van der Waals surface area contributed by atoms with Crippen LogP contribution in [0.25, 0.3) is 10.4 Å². The van der Waals surface area contributed by atoms with Crippen molar-refractivity contribution in [2.45, 2.75) is 12.6 Å². The van der Waals surface area contributed by atoms with Gasteiger partial charge in [0, 0.05) is 21.9 Å². The maximum absolute atomic E-state index is 14.4. The second kappa shape index (κ2) is 6.04. The monoisotopic (exact) mass is 322 g/mol. The average Bonchev–Trinajstić information content (AvgIpc) is 3.13. The summed E-state index contributed by atoms with van der Waals surface area (Å²) in [6.07, 6.45) is -1.15. The number of nitrogens with two attached hydrogens (primary N) is 1. The van der Waals surface area contributed by atoms with E-state index < -0.39 is 18.0 Å². The van der Waals surface area contributed by atoms with Gasteiger partial charge >= 0.3 is 6.09 Å². The average molecular weight is 322 g/mol. The highest BCUT2D eigenvalue weighted by Gasteiger charge is 2.32. The number of cyclic esters (lactones) is 1. The highest BCUT2D eigenvalue weighted by atomic mass is 32.1. The Morgan fingerprint density at radius 2 is 2.23 bits per heavy atom. The summed E-state index contributed by atoms with van der Waals surface area (Å²) < 4.78 is 19.3. The standard InChI is InChI=1S/C15H15FN2O3S/c16-13-5-9(18-7-10(8-19)21-15(18)20)1-3-12(13)14-4-2-11(6-17)22-14/h1-5,10,19H,6-8,17H2/t10-/m1/s1. The first-order chi connectivity index (χ1) is 10.6. The fraction of sp³-hybridized carbons (Fsp3) is 0.267. The molecule has 3 N–H and O–H groups in total. The van der Waals surface area contributed by atoms with Crippen LogP contribution in [-0.4, -0.2) is 30.5 Å². The second-order valence-electron chi connectivity index (χ2n) is 4.93. The molecular weight excluding hydrogens is 307 g/mol. The molecule has 0 radical (unpaired) electrons. The number of amides is 1. The van der Waals surface area contributed by atoms with Gasteiger partial charge in [-0.3, -0.25) is 4.90 Å². The molecule has 7 heteroatoms. The molecule has 1 saturated heterocycles. The van der Waals surface area contributed by atoms with E-state index in [2.05, 4.69) is 0 Å². The molecule has 1 fully saturated rings. The van der Waals surface area contributed by atoms with Gasteiger partial charge in [0.25, 0.3) is 0 Å². The number of aliphatic hydroxyl groups is 1. The lowest BCUT2D eigenvalue weighted by Gasteiger charge is -2.13. The Kier molecular flexibility index (Phi) is 4.10. The van der Waals surface area contributed by atoms with Gasteiger partial charge < -0.3 is 15.6 Å². The number of ether oxygens (including phenoxy) is 1. The van der Waals surface area contributed by atoms with Gasteiger partial charge in [-0.25, -0.2) is 9.18 Å². The third-order valence-corrected chi connectivity index (χ3v) is 4.61. The van der Waals surface area contributed by atoms with Crippen LogP contribution in [0, 0.1) is 5.82 Å². The maximum atomic E-state index is 14.4. The van der Waals surface area contributed by atoms with Crippen molar-refractivity contribution in [2.75, 3.05) is 18.1 Å². The van der Waals surface area contributed by atoms with Gasteiger partial charge in [0.2, 0.25) is 0 Å². The van der Waals surface area contributed by atoms with Gasteiger partial charge in [-0.15, -0.1) is 11.3 Å². The summed E-state index contributed by atoms with van der Waals surface area (Å²) >= 11 is 1.44. The van der Waals surface area contributed by atoms with E-state index in [4.69, 9.17) is 15.6 Å². The van der Waals surface area contributed by atoms with Crippen molar-refractivity contribution in [1.82, 2.24) is 0 Å². The molecule has 3 rings (SSSR count). The first kappa shape index (κ1) is 15.0. The first-order valence-electron chi connectivity index (χ1n) is 6.80. The number of halogens is 1. The molecule has 1 aliphatic heterocycles. The lowest BCUT2D eigenvalue weighted by atomic mass is 10.1. The van der Waals surface area contributed by atoms with Crippen LogP contribution in [0.15, 0.2) is 30.3 Å². The Labute approximate surface area is 130 Å². The van der Waals surface area contributed by atoms with Crippen molar-refractivity contribution in [3.8, 4) is 10.4 Å². The molecule has 22 heavy (non-hydrogen) atoms. The van der Waals surface area contributed by atoms with Crippen LogP contribution in [-0.2, 0) is 11.3 Å². The van der Waals surface area contributed by atoms with Crippen molar-refractivity contribution >= 4 is 23.1 Å². The van der Waals surface area contributed by atoms with Gasteiger partial charge in [-0.05, 0) is 30.3 Å². The molecular formula is C15H15FN2O3S. The van der Waals surface area contributed by atoms with E-state index in [-0.39, 0.29) is 13.2 Å². The van der Waals surface area contributed by atoms with E-state index in [9.17, 15) is 9.18 Å². The Hall–Kier alpha value is -1.96. The normalized spacial score (nSPS) is 17.9. The zero-order chi connectivity index (χ0) is 15.7. The fourth-order valence-corrected chi connectivity index (χ4v) is 3.25. The molecule has 0 aliphatic carbocycles. The molecule has 5 nitrogen and oxygen atoms in total. The molecule has 116 valence electrons. The number of hydrogen-bond acceptors (Lipinski definition) is 5. The Balaban J connectivity index is 1.88. The lowest BCUT2D eigenvalue weighted by Crippen LogP contribution is -2.25. The van der Waals surface area contributed by atoms with Crippen LogP contribution in [0.1, 0.15) is 4.88 Å². The zero-order valence-electron chi connectivity index (χ0n) is 11.7. The zero-order valence-corrected chi connectivity index (χ0v) is 12.5. The van der Waals surface area contributed by atoms with Crippen molar-refractivity contribution in [2.24, 2.45) is 5.73 Å². The molecule has 0 saturated carbocycles. The highest BCUT2D eigenvalue weighted by Crippen LogP contribution is 2.33. The van der Waals surface area contributed by atoms with Gasteiger partial charge in [0.05, 0.1) is 18.8 Å². The predicted molar refractivity (Wildman–Crippen MR) is 82.3 cm³/mol. The van der Waals surface area contributed by atoms with Crippen molar-refractivity contribution < 1.29 is 19.0 Å². The largest absolute Gasteiger partial charge is 0.441 e. The van der Waals surface area contributed by atoms with E-state index in [0.717, 1.165) is 9.75 Å². The Morgan fingerprint density at radius 1 is 1.41 bits per heavy atom. The van der Waals surface area contributed by atoms with Crippen LogP contribution in [0.2, 0.25) is 0 Å². The van der Waals surface area contributed by atoms with Crippen molar-refractivity contribution in [3.05, 3.63) is 41.0 Å². The summed E-state index contributed by atoms with van der Waals surface area (Å²) in [4.78, 5) is 14.8. The number of rotatable bonds is 4. The minimum absolute atomic E-state index is 0.213. The summed E-state index contributed by atoms with van der Waals surface area (Å²) in [5.74, 6) is -0.414. The SMILES string of the molecule is NCc1ccc(-c2ccc(N3C[C@H](CO)OC3=O)cc2F)s1. The molecule has 1 atom stereocenters. The molecule has 2 aromatic rings. The van der Waals surface area contributed by atoms with E-state index in [0.29, 0.717) is 17.8 Å². The number of aliphatic hydroxyl groups excluding tert-OH is 1. The summed E-state index contributed by atoms with van der Waals surface area (Å²) in [6.45, 7) is 0.386. The van der Waals surface area contributed by atoms with E-state index in [1.54, 1.807) is 12.1 Å². The van der Waals surface area contributed by atoms with Crippen molar-refractivity contribution in [1.29, 1.82) is 0 Å². The van der Waals surface area contributed by atoms with Crippen molar-refractivity contribution in [3.63, 3.8) is 0 Å². The molecule has 1 amide bonds. The molecule has 0 bridgehead atoms. The molecule has 1 aromatic carbocycles. The summed E-state index contributed by atoms with van der Waals surface area (Å²) in [6, 6.07) is 8.31. The smallest absolute Gasteiger partial charge is 0.414 e. The summed E-state index contributed by atoms with van der Waals surface area (Å²) in [5, 5.41) is 9.03. The maximum Gasteiger partial charge on any atom is 0.414 e. The van der Waals surface area contributed by atoms with E-state index in [1.807, 2.05) is 12.1 Å². The number of anilines is 1. The lowest BCUT2D eigenvalue weighted by molar-refractivity contribution is 0.0963. The van der Waals surface area contributed by atoms with Gasteiger partial charge in [-0.2, -0.15) is 0 Å². The minimum atomic E-state index is -0.576. The number of carbonyl (C=O) groups is 1. The molecule has 0 spiro atoms. The second-order valence-corrected chi connectivity index (χ2v) is 6.10. The van der Waals surface area contributed by atoms with Crippen LogP contribution in [0.3, 0.4) is 0 Å². The van der Waals surface area contributed by atoms with Gasteiger partial charge in [-0.1, -0.05) is 0 Å². The predicted octanol–water partition coefficient (Wildman–Crippen LogP) is 2.33. The van der Waals surface area contributed by atoms with E-state index >= 15 is 0 Å². The topological polar surface area (TPSA) is 75.8 Å². The van der Waals surface area contributed by atoms with Crippen LogP contribution < -0.4 is 10.6 Å². The highest BCUT2D eigenvalue weighted by molar-refractivity contribution is 7.15. The Bertz CT molecular complexity index is 704. The number of benzene rings is 1. The van der Waals surface area contributed by atoms with Crippen LogP contribution in [0.5, 0.6) is 0 Å². The number of nitrogens with zero attached hydrogens (tertiary/aromatic N) is 1. The molecule has 0 unspecified atom stereocenters. The number of hydrogen-bond donors (Lipinski definition) is 2. The minimum Gasteiger partial charge on any atom is -0.441 e. The summed E-state index contributed by atoms with van der Waals surface area (Å²) in [7, 11) is 0.